The minimum absolute atomic E-state index is 0.0961. The second-order valence-corrected chi connectivity index (χ2v) is 7.39. The predicted octanol–water partition coefficient (Wildman–Crippen LogP) is 3.64. The number of aromatic nitrogens is 2. The van der Waals surface area contributed by atoms with E-state index in [-0.39, 0.29) is 12.5 Å². The first-order valence-corrected chi connectivity index (χ1v) is 9.93. The highest BCUT2D eigenvalue weighted by molar-refractivity contribution is 5.90. The highest BCUT2D eigenvalue weighted by Crippen LogP contribution is 2.32. The van der Waals surface area contributed by atoms with Gasteiger partial charge in [0, 0.05) is 30.5 Å². The van der Waals surface area contributed by atoms with Crippen molar-refractivity contribution in [1.82, 2.24) is 9.78 Å². The molecule has 4 rings (SSSR count). The molecule has 29 heavy (non-hydrogen) atoms. The van der Waals surface area contributed by atoms with Crippen LogP contribution in [0.2, 0.25) is 0 Å². The van der Waals surface area contributed by atoms with Crippen molar-refractivity contribution in [3.8, 4) is 11.1 Å². The van der Waals surface area contributed by atoms with Crippen LogP contribution in [-0.2, 0) is 16.1 Å². The van der Waals surface area contributed by atoms with Gasteiger partial charge in [-0.25, -0.2) is 0 Å². The number of nitrogens with one attached hydrogen (secondary N) is 1. The van der Waals surface area contributed by atoms with E-state index in [0.29, 0.717) is 13.2 Å². The summed E-state index contributed by atoms with van der Waals surface area (Å²) in [6.45, 7) is 7.26. The van der Waals surface area contributed by atoms with Crippen LogP contribution in [-0.4, -0.2) is 42.0 Å². The molecule has 0 spiro atoms. The fraction of sp³-hybridized carbons (Fsp3) is 0.304. The van der Waals surface area contributed by atoms with E-state index in [9.17, 15) is 4.79 Å². The first-order valence-electron chi connectivity index (χ1n) is 9.93. The van der Waals surface area contributed by atoms with Gasteiger partial charge in [-0.1, -0.05) is 42.0 Å². The Morgan fingerprint density at radius 2 is 1.76 bits per heavy atom. The quantitative estimate of drug-likeness (QED) is 0.723. The normalized spacial score (nSPS) is 14.1. The standard InChI is InChI=1S/C23H26N4O2/c1-17-7-9-19(10-8-17)24-22(28)16-27-15-21(20-6-4-3-5-18(20)2)23(25-27)26-11-13-29-14-12-26/h3-10,15H,11-14,16H2,1-2H3,(H,24,28). The van der Waals surface area contributed by atoms with Gasteiger partial charge in [0.1, 0.15) is 6.54 Å². The van der Waals surface area contributed by atoms with E-state index in [1.54, 1.807) is 4.68 Å². The van der Waals surface area contributed by atoms with Crippen LogP contribution in [0.1, 0.15) is 11.1 Å². The van der Waals surface area contributed by atoms with Crippen molar-refractivity contribution < 1.29 is 9.53 Å². The molecule has 0 saturated carbocycles. The molecule has 0 aliphatic carbocycles. The molecule has 1 aromatic heterocycles. The van der Waals surface area contributed by atoms with Crippen LogP contribution in [0.4, 0.5) is 11.5 Å². The van der Waals surface area contributed by atoms with Gasteiger partial charge in [0.15, 0.2) is 5.82 Å². The van der Waals surface area contributed by atoms with E-state index in [1.165, 1.54) is 5.56 Å². The van der Waals surface area contributed by atoms with Crippen LogP contribution in [0.15, 0.2) is 54.7 Å². The van der Waals surface area contributed by atoms with E-state index in [4.69, 9.17) is 9.84 Å². The Morgan fingerprint density at radius 3 is 2.48 bits per heavy atom. The highest BCUT2D eigenvalue weighted by Gasteiger charge is 2.21. The number of morpholine rings is 1. The summed E-state index contributed by atoms with van der Waals surface area (Å²) < 4.78 is 7.23. The summed E-state index contributed by atoms with van der Waals surface area (Å²) in [6.07, 6.45) is 1.97. The fourth-order valence-electron chi connectivity index (χ4n) is 3.55. The predicted molar refractivity (Wildman–Crippen MR) is 115 cm³/mol. The Labute approximate surface area is 171 Å². The molecular weight excluding hydrogens is 364 g/mol. The van der Waals surface area contributed by atoms with E-state index < -0.39 is 0 Å². The Bertz CT molecular complexity index is 988. The molecule has 0 unspecified atom stereocenters. The van der Waals surface area contributed by atoms with Gasteiger partial charge in [-0.3, -0.25) is 9.48 Å². The van der Waals surface area contributed by atoms with Gasteiger partial charge < -0.3 is 15.0 Å². The summed E-state index contributed by atoms with van der Waals surface area (Å²) in [5, 5.41) is 7.72. The number of aryl methyl sites for hydroxylation is 2. The molecular formula is C23H26N4O2. The van der Waals surface area contributed by atoms with Crippen LogP contribution in [0.25, 0.3) is 11.1 Å². The molecule has 1 saturated heterocycles. The van der Waals surface area contributed by atoms with Crippen molar-refractivity contribution in [1.29, 1.82) is 0 Å². The van der Waals surface area contributed by atoms with Crippen LogP contribution in [0.5, 0.6) is 0 Å². The molecule has 1 aliphatic heterocycles. The van der Waals surface area contributed by atoms with E-state index >= 15 is 0 Å². The Balaban J connectivity index is 1.59. The lowest BCUT2D eigenvalue weighted by atomic mass is 10.0. The third-order valence-electron chi connectivity index (χ3n) is 5.13. The molecule has 2 heterocycles. The third-order valence-corrected chi connectivity index (χ3v) is 5.13. The van der Waals surface area contributed by atoms with Crippen molar-refractivity contribution in [2.75, 3.05) is 36.5 Å². The zero-order valence-corrected chi connectivity index (χ0v) is 16.9. The number of anilines is 2. The molecule has 6 heteroatoms. The van der Waals surface area contributed by atoms with Crippen LogP contribution < -0.4 is 10.2 Å². The van der Waals surface area contributed by atoms with Gasteiger partial charge in [0.2, 0.25) is 5.91 Å². The maximum absolute atomic E-state index is 12.6. The monoisotopic (exact) mass is 390 g/mol. The molecule has 0 radical (unpaired) electrons. The van der Waals surface area contributed by atoms with E-state index in [2.05, 4.69) is 29.3 Å². The topological polar surface area (TPSA) is 59.4 Å². The zero-order chi connectivity index (χ0) is 20.2. The largest absolute Gasteiger partial charge is 0.378 e. The number of benzene rings is 2. The van der Waals surface area contributed by atoms with Gasteiger partial charge in [-0.15, -0.1) is 0 Å². The molecule has 0 atom stereocenters. The van der Waals surface area contributed by atoms with E-state index in [0.717, 1.165) is 41.3 Å². The summed E-state index contributed by atoms with van der Waals surface area (Å²) in [4.78, 5) is 14.8. The summed E-state index contributed by atoms with van der Waals surface area (Å²) in [6, 6.07) is 16.1. The molecule has 6 nitrogen and oxygen atoms in total. The number of rotatable bonds is 5. The van der Waals surface area contributed by atoms with Gasteiger partial charge in [-0.2, -0.15) is 5.10 Å². The second-order valence-electron chi connectivity index (χ2n) is 7.39. The maximum atomic E-state index is 12.6. The molecule has 1 N–H and O–H groups in total. The SMILES string of the molecule is Cc1ccc(NC(=O)Cn2cc(-c3ccccc3C)c(N3CCOCC3)n2)cc1. The number of hydrogen-bond donors (Lipinski definition) is 1. The number of carbonyl (C=O) groups is 1. The van der Waals surface area contributed by atoms with Gasteiger partial charge >= 0.3 is 0 Å². The summed E-state index contributed by atoms with van der Waals surface area (Å²) >= 11 is 0. The summed E-state index contributed by atoms with van der Waals surface area (Å²) in [7, 11) is 0. The van der Waals surface area contributed by atoms with Gasteiger partial charge in [0.25, 0.3) is 0 Å². The molecule has 1 fully saturated rings. The lowest BCUT2D eigenvalue weighted by molar-refractivity contribution is -0.116. The molecule has 0 bridgehead atoms. The van der Waals surface area contributed by atoms with E-state index in [1.807, 2.05) is 49.5 Å². The third kappa shape index (κ3) is 4.49. The average molecular weight is 390 g/mol. The Hall–Kier alpha value is -3.12. The van der Waals surface area contributed by atoms with Crippen molar-refractivity contribution in [3.05, 3.63) is 65.9 Å². The smallest absolute Gasteiger partial charge is 0.246 e. The zero-order valence-electron chi connectivity index (χ0n) is 16.9. The highest BCUT2D eigenvalue weighted by atomic mass is 16.5. The first kappa shape index (κ1) is 19.2. The van der Waals surface area contributed by atoms with Crippen LogP contribution >= 0.6 is 0 Å². The maximum Gasteiger partial charge on any atom is 0.246 e. The lowest BCUT2D eigenvalue weighted by Gasteiger charge is -2.27. The summed E-state index contributed by atoms with van der Waals surface area (Å²) in [5.41, 5.74) is 5.33. The summed E-state index contributed by atoms with van der Waals surface area (Å²) in [5.74, 6) is 0.812. The number of amides is 1. The van der Waals surface area contributed by atoms with Crippen molar-refractivity contribution in [3.63, 3.8) is 0 Å². The minimum Gasteiger partial charge on any atom is -0.378 e. The number of nitrogens with zero attached hydrogens (tertiary/aromatic N) is 3. The Morgan fingerprint density at radius 1 is 1.03 bits per heavy atom. The molecule has 150 valence electrons. The van der Waals surface area contributed by atoms with Gasteiger partial charge in [-0.05, 0) is 37.1 Å². The van der Waals surface area contributed by atoms with Crippen LogP contribution in [0, 0.1) is 13.8 Å². The van der Waals surface area contributed by atoms with Crippen LogP contribution in [0.3, 0.4) is 0 Å². The number of hydrogen-bond acceptors (Lipinski definition) is 4. The molecule has 3 aromatic rings. The van der Waals surface area contributed by atoms with Crippen molar-refractivity contribution in [2.45, 2.75) is 20.4 Å². The number of carbonyl (C=O) groups excluding carboxylic acids is 1. The minimum atomic E-state index is -0.0961. The molecule has 1 aliphatic rings. The second kappa shape index (κ2) is 8.49. The number of ether oxygens (including phenoxy) is 1. The molecule has 1 amide bonds. The fourth-order valence-corrected chi connectivity index (χ4v) is 3.55. The Kier molecular flexibility index (Phi) is 5.62. The first-order chi connectivity index (χ1) is 14.1. The van der Waals surface area contributed by atoms with Crippen molar-refractivity contribution in [2.24, 2.45) is 0 Å². The lowest BCUT2D eigenvalue weighted by Crippen LogP contribution is -2.36. The molecule has 2 aromatic carbocycles. The van der Waals surface area contributed by atoms with Gasteiger partial charge in [0.05, 0.1) is 13.2 Å². The average Bonchev–Trinajstić information content (AvgIpc) is 3.14. The van der Waals surface area contributed by atoms with Crippen molar-refractivity contribution >= 4 is 17.4 Å².